The van der Waals surface area contributed by atoms with Gasteiger partial charge in [-0.2, -0.15) is 0 Å². The van der Waals surface area contributed by atoms with Crippen molar-refractivity contribution < 1.29 is 14.6 Å². The monoisotopic (exact) mass is 174 g/mol. The Kier molecular flexibility index (Phi) is 3.71. The van der Waals surface area contributed by atoms with Gasteiger partial charge >= 0.3 is 5.97 Å². The van der Waals surface area contributed by atoms with Gasteiger partial charge in [-0.05, 0) is 26.7 Å². The van der Waals surface area contributed by atoms with Crippen molar-refractivity contribution in [1.82, 2.24) is 0 Å². The highest BCUT2D eigenvalue weighted by Crippen LogP contribution is 2.16. The van der Waals surface area contributed by atoms with Gasteiger partial charge in [-0.1, -0.05) is 13.8 Å². The van der Waals surface area contributed by atoms with Crippen LogP contribution in [0.2, 0.25) is 0 Å². The van der Waals surface area contributed by atoms with E-state index in [2.05, 4.69) is 0 Å². The summed E-state index contributed by atoms with van der Waals surface area (Å²) in [6, 6.07) is 0. The van der Waals surface area contributed by atoms with E-state index in [0.717, 1.165) is 0 Å². The summed E-state index contributed by atoms with van der Waals surface area (Å²) < 4.78 is 5.36. The number of ether oxygens (including phenoxy) is 1. The van der Waals surface area contributed by atoms with Crippen LogP contribution in [0.1, 0.15) is 34.6 Å². The maximum Gasteiger partial charge on any atom is 0.333 e. The molecule has 0 aromatic carbocycles. The molecule has 3 nitrogen and oxygen atoms in total. The molecule has 1 atom stereocenters. The summed E-state index contributed by atoms with van der Waals surface area (Å²) in [6.45, 7) is 9.23. The molecule has 0 heterocycles. The molecule has 12 heavy (non-hydrogen) atoms. The normalized spacial score (nSPS) is 14.8. The maximum absolute atomic E-state index is 10.7. The lowest BCUT2D eigenvalue weighted by Gasteiger charge is -2.27. The quantitative estimate of drug-likeness (QED) is 0.711. The van der Waals surface area contributed by atoms with Crippen LogP contribution in [0.4, 0.5) is 0 Å². The number of carboxylic acid groups (broad SMARTS) is 1. The van der Waals surface area contributed by atoms with E-state index in [1.807, 2.05) is 34.6 Å². The summed E-state index contributed by atoms with van der Waals surface area (Å²) in [5.74, 6) is -0.887. The lowest BCUT2D eigenvalue weighted by atomic mass is 10.1. The highest BCUT2D eigenvalue weighted by atomic mass is 16.5. The topological polar surface area (TPSA) is 46.5 Å². The van der Waals surface area contributed by atoms with Gasteiger partial charge in [0.1, 0.15) is 0 Å². The molecule has 0 amide bonds. The lowest BCUT2D eigenvalue weighted by molar-refractivity contribution is -0.164. The molecule has 0 aromatic rings. The van der Waals surface area contributed by atoms with Crippen LogP contribution in [0, 0.1) is 5.92 Å². The Hall–Kier alpha value is -0.570. The molecule has 0 spiro atoms. The number of hydrogen-bond donors (Lipinski definition) is 1. The van der Waals surface area contributed by atoms with Crippen molar-refractivity contribution in [2.75, 3.05) is 0 Å². The second kappa shape index (κ2) is 3.90. The van der Waals surface area contributed by atoms with Crippen LogP contribution >= 0.6 is 0 Å². The predicted molar refractivity (Wildman–Crippen MR) is 47.1 cm³/mol. The first-order valence-electron chi connectivity index (χ1n) is 4.14. The van der Waals surface area contributed by atoms with E-state index in [9.17, 15) is 4.79 Å². The van der Waals surface area contributed by atoms with Crippen LogP contribution in [0.3, 0.4) is 0 Å². The molecule has 0 aliphatic rings. The van der Waals surface area contributed by atoms with Gasteiger partial charge < -0.3 is 9.84 Å². The van der Waals surface area contributed by atoms with Gasteiger partial charge in [-0.3, -0.25) is 0 Å². The second-order valence-corrected chi connectivity index (χ2v) is 4.23. The van der Waals surface area contributed by atoms with Crippen LogP contribution < -0.4 is 0 Å². The number of hydrogen-bond acceptors (Lipinski definition) is 2. The SMILES string of the molecule is CC(C)C(OC(C)(C)C)C(=O)O. The molecule has 0 aliphatic carbocycles. The Morgan fingerprint density at radius 2 is 1.75 bits per heavy atom. The average Bonchev–Trinajstić information content (AvgIpc) is 1.79. The summed E-state index contributed by atoms with van der Waals surface area (Å²) in [4.78, 5) is 10.7. The van der Waals surface area contributed by atoms with E-state index in [1.165, 1.54) is 0 Å². The van der Waals surface area contributed by atoms with Gasteiger partial charge in [0.15, 0.2) is 6.10 Å². The van der Waals surface area contributed by atoms with Crippen LogP contribution in [-0.2, 0) is 9.53 Å². The first-order valence-corrected chi connectivity index (χ1v) is 4.14. The van der Waals surface area contributed by atoms with Crippen molar-refractivity contribution in [3.63, 3.8) is 0 Å². The van der Waals surface area contributed by atoms with Crippen LogP contribution in [-0.4, -0.2) is 22.8 Å². The molecule has 0 aromatic heterocycles. The zero-order valence-electron chi connectivity index (χ0n) is 8.42. The molecule has 72 valence electrons. The summed E-state index contributed by atoms with van der Waals surface area (Å²) in [7, 11) is 0. The first-order chi connectivity index (χ1) is 5.24. The second-order valence-electron chi connectivity index (χ2n) is 4.23. The summed E-state index contributed by atoms with van der Waals surface area (Å²) in [6.07, 6.45) is -0.704. The van der Waals surface area contributed by atoms with Gasteiger partial charge in [-0.15, -0.1) is 0 Å². The Morgan fingerprint density at radius 1 is 1.33 bits per heavy atom. The number of carboxylic acids is 1. The molecular formula is C9H18O3. The summed E-state index contributed by atoms with van der Waals surface area (Å²) in [5, 5.41) is 8.78. The van der Waals surface area contributed by atoms with Gasteiger partial charge in [0.25, 0.3) is 0 Å². The third kappa shape index (κ3) is 4.34. The van der Waals surface area contributed by atoms with Crippen molar-refractivity contribution in [1.29, 1.82) is 0 Å². The fourth-order valence-electron chi connectivity index (χ4n) is 0.853. The molecule has 0 aliphatic heterocycles. The van der Waals surface area contributed by atoms with Crippen molar-refractivity contribution in [2.24, 2.45) is 5.92 Å². The largest absolute Gasteiger partial charge is 0.479 e. The van der Waals surface area contributed by atoms with Crippen LogP contribution in [0.5, 0.6) is 0 Å². The van der Waals surface area contributed by atoms with E-state index in [-0.39, 0.29) is 5.92 Å². The maximum atomic E-state index is 10.7. The van der Waals surface area contributed by atoms with Gasteiger partial charge in [0.2, 0.25) is 0 Å². The molecule has 1 N–H and O–H groups in total. The van der Waals surface area contributed by atoms with Crippen molar-refractivity contribution >= 4 is 5.97 Å². The molecule has 3 heteroatoms. The van der Waals surface area contributed by atoms with E-state index >= 15 is 0 Å². The van der Waals surface area contributed by atoms with Crippen molar-refractivity contribution in [2.45, 2.75) is 46.3 Å². The number of carbonyl (C=O) groups is 1. The van der Waals surface area contributed by atoms with Crippen molar-refractivity contribution in [3.8, 4) is 0 Å². The average molecular weight is 174 g/mol. The fourth-order valence-corrected chi connectivity index (χ4v) is 0.853. The van der Waals surface area contributed by atoms with Crippen molar-refractivity contribution in [3.05, 3.63) is 0 Å². The minimum absolute atomic E-state index is 0.00160. The van der Waals surface area contributed by atoms with E-state index in [4.69, 9.17) is 9.84 Å². The first kappa shape index (κ1) is 11.4. The smallest absolute Gasteiger partial charge is 0.333 e. The molecule has 0 radical (unpaired) electrons. The summed E-state index contributed by atoms with van der Waals surface area (Å²) >= 11 is 0. The van der Waals surface area contributed by atoms with Crippen LogP contribution in [0.15, 0.2) is 0 Å². The van der Waals surface area contributed by atoms with Gasteiger partial charge in [-0.25, -0.2) is 4.79 Å². The Labute approximate surface area is 73.7 Å². The third-order valence-corrected chi connectivity index (χ3v) is 1.33. The van der Waals surface area contributed by atoms with E-state index < -0.39 is 17.7 Å². The van der Waals surface area contributed by atoms with E-state index in [1.54, 1.807) is 0 Å². The standard InChI is InChI=1S/C9H18O3/c1-6(2)7(8(10)11)12-9(3,4)5/h6-7H,1-5H3,(H,10,11). The molecular weight excluding hydrogens is 156 g/mol. The minimum Gasteiger partial charge on any atom is -0.479 e. The highest BCUT2D eigenvalue weighted by molar-refractivity contribution is 5.72. The predicted octanol–water partition coefficient (Wildman–Crippen LogP) is 1.91. The number of aliphatic carboxylic acids is 1. The molecule has 0 bridgehead atoms. The van der Waals surface area contributed by atoms with Gasteiger partial charge in [0, 0.05) is 0 Å². The highest BCUT2D eigenvalue weighted by Gasteiger charge is 2.27. The molecule has 0 fully saturated rings. The van der Waals surface area contributed by atoms with Crippen LogP contribution in [0.25, 0.3) is 0 Å². The third-order valence-electron chi connectivity index (χ3n) is 1.33. The fraction of sp³-hybridized carbons (Fsp3) is 0.889. The van der Waals surface area contributed by atoms with E-state index in [0.29, 0.717) is 0 Å². The molecule has 0 saturated heterocycles. The molecule has 1 unspecified atom stereocenters. The minimum atomic E-state index is -0.889. The lowest BCUT2D eigenvalue weighted by Crippen LogP contribution is -2.36. The zero-order chi connectivity index (χ0) is 9.94. The van der Waals surface area contributed by atoms with Gasteiger partial charge in [0.05, 0.1) is 5.60 Å². The zero-order valence-corrected chi connectivity index (χ0v) is 8.42. The molecule has 0 saturated carbocycles. The summed E-state index contributed by atoms with van der Waals surface area (Å²) in [5.41, 5.74) is -0.396. The Morgan fingerprint density at radius 3 is 1.83 bits per heavy atom. The Bertz CT molecular complexity index is 156. The number of rotatable bonds is 3. The molecule has 0 rings (SSSR count). The Balaban J connectivity index is 4.25.